The standard InChI is InChI=1S/C18H15F4N7O/c19-13-2-4-14(5-3-13)29-25-16(24-26-29)17(30)28-9-7-27(8-10-28)15-6-1-12(11-23-15)18(20,21)22/h1-6,11H,7-10H2. The largest absolute Gasteiger partial charge is 0.417 e. The van der Waals surface area contributed by atoms with Gasteiger partial charge in [-0.1, -0.05) is 0 Å². The van der Waals surface area contributed by atoms with Crippen LogP contribution >= 0.6 is 0 Å². The molecule has 30 heavy (non-hydrogen) atoms. The third-order valence-corrected chi connectivity index (χ3v) is 4.63. The van der Waals surface area contributed by atoms with E-state index in [0.29, 0.717) is 37.7 Å². The molecule has 0 radical (unpaired) electrons. The van der Waals surface area contributed by atoms with E-state index in [2.05, 4.69) is 20.4 Å². The van der Waals surface area contributed by atoms with Crippen molar-refractivity contribution in [2.75, 3.05) is 31.1 Å². The van der Waals surface area contributed by atoms with Crippen molar-refractivity contribution in [3.63, 3.8) is 0 Å². The lowest BCUT2D eigenvalue weighted by atomic mass is 10.2. The van der Waals surface area contributed by atoms with Gasteiger partial charge in [-0.25, -0.2) is 9.37 Å². The molecule has 1 amide bonds. The van der Waals surface area contributed by atoms with Gasteiger partial charge in [-0.3, -0.25) is 4.79 Å². The van der Waals surface area contributed by atoms with Crippen molar-refractivity contribution in [2.45, 2.75) is 6.18 Å². The Morgan fingerprint density at radius 1 is 0.967 bits per heavy atom. The van der Waals surface area contributed by atoms with Gasteiger partial charge in [0.1, 0.15) is 11.6 Å². The van der Waals surface area contributed by atoms with E-state index in [-0.39, 0.29) is 5.82 Å². The molecule has 8 nitrogen and oxygen atoms in total. The molecular weight excluding hydrogens is 406 g/mol. The topological polar surface area (TPSA) is 80.0 Å². The lowest BCUT2D eigenvalue weighted by Gasteiger charge is -2.34. The van der Waals surface area contributed by atoms with Gasteiger partial charge < -0.3 is 9.80 Å². The number of piperazine rings is 1. The first-order chi connectivity index (χ1) is 14.3. The van der Waals surface area contributed by atoms with Crippen molar-refractivity contribution < 1.29 is 22.4 Å². The fraction of sp³-hybridized carbons (Fsp3) is 0.278. The summed E-state index contributed by atoms with van der Waals surface area (Å²) in [5.41, 5.74) is -0.350. The van der Waals surface area contributed by atoms with Crippen LogP contribution in [-0.4, -0.2) is 62.2 Å². The van der Waals surface area contributed by atoms with Crippen molar-refractivity contribution >= 4 is 11.7 Å². The maximum atomic E-state index is 13.0. The lowest BCUT2D eigenvalue weighted by Crippen LogP contribution is -2.49. The van der Waals surface area contributed by atoms with Crippen LogP contribution in [0.2, 0.25) is 0 Å². The first-order valence-electron chi connectivity index (χ1n) is 8.95. The van der Waals surface area contributed by atoms with E-state index >= 15 is 0 Å². The summed E-state index contributed by atoms with van der Waals surface area (Å²) < 4.78 is 51.0. The Hall–Kier alpha value is -3.57. The number of hydrogen-bond acceptors (Lipinski definition) is 6. The highest BCUT2D eigenvalue weighted by Crippen LogP contribution is 2.29. The Morgan fingerprint density at radius 3 is 2.27 bits per heavy atom. The van der Waals surface area contributed by atoms with Crippen LogP contribution < -0.4 is 4.90 Å². The fourth-order valence-electron chi connectivity index (χ4n) is 3.00. The van der Waals surface area contributed by atoms with Crippen LogP contribution in [0.1, 0.15) is 16.2 Å². The average Bonchev–Trinajstić information content (AvgIpc) is 3.24. The maximum absolute atomic E-state index is 13.0. The van der Waals surface area contributed by atoms with E-state index in [1.165, 1.54) is 35.2 Å². The fourth-order valence-corrected chi connectivity index (χ4v) is 3.00. The number of rotatable bonds is 3. The molecule has 3 heterocycles. The van der Waals surface area contributed by atoms with Crippen LogP contribution in [0.25, 0.3) is 5.69 Å². The quantitative estimate of drug-likeness (QED) is 0.604. The molecule has 0 N–H and O–H groups in total. The molecule has 1 aliphatic rings. The number of tetrazole rings is 1. The number of nitrogens with zero attached hydrogens (tertiary/aromatic N) is 7. The highest BCUT2D eigenvalue weighted by molar-refractivity contribution is 5.90. The monoisotopic (exact) mass is 421 g/mol. The molecule has 1 aliphatic heterocycles. The number of hydrogen-bond donors (Lipinski definition) is 0. The van der Waals surface area contributed by atoms with Gasteiger partial charge in [0.2, 0.25) is 0 Å². The summed E-state index contributed by atoms with van der Waals surface area (Å²) in [6.45, 7) is 1.45. The van der Waals surface area contributed by atoms with Crippen LogP contribution in [0.3, 0.4) is 0 Å². The molecule has 2 aromatic heterocycles. The van der Waals surface area contributed by atoms with Crippen molar-refractivity contribution in [3.05, 3.63) is 59.8 Å². The van der Waals surface area contributed by atoms with E-state index in [4.69, 9.17) is 0 Å². The van der Waals surface area contributed by atoms with Crippen molar-refractivity contribution in [2.24, 2.45) is 0 Å². The Labute approximate surface area is 167 Å². The van der Waals surface area contributed by atoms with Crippen LogP contribution in [0, 0.1) is 5.82 Å². The molecule has 1 aromatic carbocycles. The van der Waals surface area contributed by atoms with Crippen molar-refractivity contribution in [1.29, 1.82) is 0 Å². The molecule has 12 heteroatoms. The number of carbonyl (C=O) groups is 1. The van der Waals surface area contributed by atoms with Crippen LogP contribution in [0.5, 0.6) is 0 Å². The summed E-state index contributed by atoms with van der Waals surface area (Å²) >= 11 is 0. The molecule has 0 spiro atoms. The number of amides is 1. The third kappa shape index (κ3) is 4.07. The molecule has 0 unspecified atom stereocenters. The molecule has 0 bridgehead atoms. The van der Waals surface area contributed by atoms with Gasteiger partial charge in [0.25, 0.3) is 11.7 Å². The van der Waals surface area contributed by atoms with Gasteiger partial charge in [-0.2, -0.15) is 13.2 Å². The van der Waals surface area contributed by atoms with Gasteiger partial charge in [0.15, 0.2) is 0 Å². The van der Waals surface area contributed by atoms with Gasteiger partial charge >= 0.3 is 6.18 Å². The second kappa shape index (κ2) is 7.69. The minimum absolute atomic E-state index is 0.0968. The SMILES string of the molecule is O=C(c1nnn(-c2ccc(F)cc2)n1)N1CCN(c2ccc(C(F)(F)F)cn2)CC1. The number of halogens is 4. The van der Waals surface area contributed by atoms with Gasteiger partial charge in [0, 0.05) is 32.4 Å². The maximum Gasteiger partial charge on any atom is 0.417 e. The minimum atomic E-state index is -4.44. The smallest absolute Gasteiger partial charge is 0.353 e. The Morgan fingerprint density at radius 2 is 1.67 bits per heavy atom. The minimum Gasteiger partial charge on any atom is -0.353 e. The highest BCUT2D eigenvalue weighted by atomic mass is 19.4. The molecule has 3 aromatic rings. The molecule has 0 aliphatic carbocycles. The van der Waals surface area contributed by atoms with E-state index in [1.54, 1.807) is 4.90 Å². The number of anilines is 1. The Kier molecular flexibility index (Phi) is 5.06. The number of benzene rings is 1. The number of pyridine rings is 1. The van der Waals surface area contributed by atoms with Crippen LogP contribution in [-0.2, 0) is 6.18 Å². The zero-order valence-electron chi connectivity index (χ0n) is 15.4. The highest BCUT2D eigenvalue weighted by Gasteiger charge is 2.31. The van der Waals surface area contributed by atoms with Gasteiger partial charge in [0.05, 0.1) is 11.3 Å². The summed E-state index contributed by atoms with van der Waals surface area (Å²) in [5, 5.41) is 11.6. The molecule has 156 valence electrons. The van der Waals surface area contributed by atoms with Crippen molar-refractivity contribution in [3.8, 4) is 5.69 Å². The Balaban J connectivity index is 1.38. The summed E-state index contributed by atoms with van der Waals surface area (Å²) in [7, 11) is 0. The second-order valence-electron chi connectivity index (χ2n) is 6.56. The predicted molar refractivity (Wildman–Crippen MR) is 96.5 cm³/mol. The first kappa shape index (κ1) is 19.7. The number of aromatic nitrogens is 5. The Bertz CT molecular complexity index is 1030. The molecule has 0 saturated carbocycles. The summed E-state index contributed by atoms with van der Waals surface area (Å²) in [4.78, 5) is 21.0. The normalized spacial score (nSPS) is 14.8. The van der Waals surface area contributed by atoms with E-state index in [9.17, 15) is 22.4 Å². The summed E-state index contributed by atoms with van der Waals surface area (Å²) in [6.07, 6.45) is -3.64. The summed E-state index contributed by atoms with van der Waals surface area (Å²) in [5.74, 6) is -0.505. The zero-order valence-corrected chi connectivity index (χ0v) is 15.4. The third-order valence-electron chi connectivity index (χ3n) is 4.63. The lowest BCUT2D eigenvalue weighted by molar-refractivity contribution is -0.137. The van der Waals surface area contributed by atoms with E-state index in [0.717, 1.165) is 17.1 Å². The molecular formula is C18H15F4N7O. The first-order valence-corrected chi connectivity index (χ1v) is 8.95. The average molecular weight is 421 g/mol. The van der Waals surface area contributed by atoms with Crippen LogP contribution in [0.4, 0.5) is 23.4 Å². The van der Waals surface area contributed by atoms with Crippen LogP contribution in [0.15, 0.2) is 42.6 Å². The van der Waals surface area contributed by atoms with Gasteiger partial charge in [-0.15, -0.1) is 15.0 Å². The molecule has 4 rings (SSSR count). The number of alkyl halides is 3. The molecule has 1 fully saturated rings. The van der Waals surface area contributed by atoms with E-state index < -0.39 is 23.5 Å². The molecule has 1 saturated heterocycles. The second-order valence-corrected chi connectivity index (χ2v) is 6.56. The summed E-state index contributed by atoms with van der Waals surface area (Å²) in [6, 6.07) is 7.71. The molecule has 0 atom stereocenters. The van der Waals surface area contributed by atoms with Gasteiger partial charge in [-0.05, 0) is 41.6 Å². The zero-order chi connectivity index (χ0) is 21.3. The predicted octanol–water partition coefficient (Wildman–Crippen LogP) is 2.18. The number of carbonyl (C=O) groups excluding carboxylic acids is 1. The van der Waals surface area contributed by atoms with E-state index in [1.807, 2.05) is 0 Å². The van der Waals surface area contributed by atoms with Crippen molar-refractivity contribution in [1.82, 2.24) is 30.1 Å².